The van der Waals surface area contributed by atoms with Gasteiger partial charge in [0.15, 0.2) is 0 Å². The molecule has 2 fully saturated rings. The quantitative estimate of drug-likeness (QED) is 0.392. The first-order chi connectivity index (χ1) is 13.2. The first kappa shape index (κ1) is 18.1. The molecule has 0 spiro atoms. The minimum absolute atomic E-state index is 0.0343. The topological polar surface area (TPSA) is 82.9 Å². The number of rotatable bonds is 8. The monoisotopic (exact) mass is 368 g/mol. The van der Waals surface area contributed by atoms with Gasteiger partial charge in [-0.15, -0.1) is 0 Å². The van der Waals surface area contributed by atoms with Crippen molar-refractivity contribution in [2.24, 2.45) is 33.9 Å². The molecule has 0 aromatic heterocycles. The van der Waals surface area contributed by atoms with Crippen molar-refractivity contribution in [3.05, 3.63) is 24.3 Å². The van der Waals surface area contributed by atoms with Gasteiger partial charge < -0.3 is 0 Å². The molecule has 0 saturated heterocycles. The summed E-state index contributed by atoms with van der Waals surface area (Å²) in [5, 5.41) is 8.52. The zero-order chi connectivity index (χ0) is 18.6. The molecule has 2 saturated carbocycles. The van der Waals surface area contributed by atoms with Crippen LogP contribution in [0.5, 0.6) is 0 Å². The fourth-order valence-corrected chi connectivity index (χ4v) is 4.45. The first-order valence-electron chi connectivity index (χ1n) is 10.2. The minimum atomic E-state index is -0.0343. The Morgan fingerprint density at radius 3 is 1.74 bits per heavy atom. The van der Waals surface area contributed by atoms with Gasteiger partial charge in [0.2, 0.25) is 11.8 Å². The summed E-state index contributed by atoms with van der Waals surface area (Å²) >= 11 is 0. The summed E-state index contributed by atoms with van der Waals surface area (Å²) in [7, 11) is 0. The van der Waals surface area contributed by atoms with Gasteiger partial charge in [0.25, 0.3) is 0 Å². The van der Waals surface area contributed by atoms with Crippen LogP contribution in [-0.4, -0.2) is 23.2 Å². The number of nitrogens with one attached hydrogen (secondary N) is 2. The molecule has 0 radical (unpaired) electrons. The van der Waals surface area contributed by atoms with Crippen molar-refractivity contribution in [2.45, 2.75) is 57.8 Å². The highest BCUT2D eigenvalue weighted by molar-refractivity contribution is 5.96. The zero-order valence-electron chi connectivity index (χ0n) is 15.7. The van der Waals surface area contributed by atoms with Crippen LogP contribution in [0.1, 0.15) is 57.8 Å². The molecule has 27 heavy (non-hydrogen) atoms. The van der Waals surface area contributed by atoms with E-state index in [0.717, 1.165) is 68.2 Å². The number of fused-ring (bicyclic) bond motifs is 2. The molecule has 2 N–H and O–H groups in total. The SMILES string of the molecule is O=C(CCCCCC(=O)N/N=C1/C[C@H]2CC=C[C@H]12)N/N=C1/C[C@H]2CC=C[C@H]12. The number of unbranched alkanes of at least 4 members (excludes halogenated alkanes) is 2. The average molecular weight is 368 g/mol. The van der Waals surface area contributed by atoms with E-state index in [1.807, 2.05) is 0 Å². The third-order valence-electron chi connectivity index (χ3n) is 6.25. The van der Waals surface area contributed by atoms with Crippen molar-refractivity contribution >= 4 is 23.2 Å². The van der Waals surface area contributed by atoms with Gasteiger partial charge in [-0.25, -0.2) is 10.9 Å². The van der Waals surface area contributed by atoms with E-state index in [2.05, 4.69) is 45.4 Å². The van der Waals surface area contributed by atoms with E-state index < -0.39 is 0 Å². The van der Waals surface area contributed by atoms with Gasteiger partial charge in [0.1, 0.15) is 0 Å². The number of carbonyl (C=O) groups is 2. The molecule has 0 bridgehead atoms. The Morgan fingerprint density at radius 2 is 1.30 bits per heavy atom. The third kappa shape index (κ3) is 4.20. The first-order valence-corrected chi connectivity index (χ1v) is 10.2. The van der Waals surface area contributed by atoms with E-state index in [1.54, 1.807) is 0 Å². The smallest absolute Gasteiger partial charge is 0.240 e. The van der Waals surface area contributed by atoms with E-state index >= 15 is 0 Å². The Bertz CT molecular complexity index is 662. The van der Waals surface area contributed by atoms with Gasteiger partial charge in [0, 0.05) is 36.1 Å². The number of hydrazone groups is 2. The second kappa shape index (κ2) is 8.19. The summed E-state index contributed by atoms with van der Waals surface area (Å²) in [6, 6.07) is 0. The van der Waals surface area contributed by atoms with Gasteiger partial charge in [-0.3, -0.25) is 9.59 Å². The zero-order valence-corrected chi connectivity index (χ0v) is 15.7. The number of hydrogen-bond acceptors (Lipinski definition) is 4. The highest BCUT2D eigenvalue weighted by Crippen LogP contribution is 2.40. The third-order valence-corrected chi connectivity index (χ3v) is 6.25. The fraction of sp³-hybridized carbons (Fsp3) is 0.619. The number of nitrogens with zero attached hydrogens (tertiary/aromatic N) is 2. The van der Waals surface area contributed by atoms with E-state index in [1.165, 1.54) is 0 Å². The molecular weight excluding hydrogens is 340 g/mol. The van der Waals surface area contributed by atoms with Gasteiger partial charge in [-0.1, -0.05) is 30.7 Å². The number of hydrogen-bond donors (Lipinski definition) is 2. The predicted octanol–water partition coefficient (Wildman–Crippen LogP) is 3.07. The van der Waals surface area contributed by atoms with Crippen LogP contribution in [0.3, 0.4) is 0 Å². The second-order valence-corrected chi connectivity index (χ2v) is 8.14. The standard InChI is InChI=1S/C21H28N4O2/c26-20(24-22-18-12-14-6-4-8-16(14)18)10-2-1-3-11-21(27)25-23-19-13-15-7-5-9-17(15)19/h4-5,8-9,14-17H,1-3,6-7,10-13H2,(H,24,26)(H,25,27)/b22-18-,23-19-/t14-,15-,16+,17+/m1/s1. The van der Waals surface area contributed by atoms with Crippen LogP contribution in [0.2, 0.25) is 0 Å². The van der Waals surface area contributed by atoms with Gasteiger partial charge in [-0.2, -0.15) is 10.2 Å². The van der Waals surface area contributed by atoms with E-state index in [0.29, 0.717) is 24.7 Å². The molecule has 0 unspecified atom stereocenters. The number of allylic oxidation sites excluding steroid dienone is 4. The Balaban J connectivity index is 1.04. The van der Waals surface area contributed by atoms with Gasteiger partial charge >= 0.3 is 0 Å². The van der Waals surface area contributed by atoms with Crippen LogP contribution in [0.15, 0.2) is 34.5 Å². The van der Waals surface area contributed by atoms with Crippen LogP contribution < -0.4 is 10.9 Å². The van der Waals surface area contributed by atoms with Crippen LogP contribution in [0, 0.1) is 23.7 Å². The Hall–Kier alpha value is -2.24. The molecule has 2 amide bonds. The summed E-state index contributed by atoms with van der Waals surface area (Å²) in [6.07, 6.45) is 16.4. The molecule has 0 aromatic rings. The summed E-state index contributed by atoms with van der Waals surface area (Å²) in [4.78, 5) is 23.7. The summed E-state index contributed by atoms with van der Waals surface area (Å²) in [5.74, 6) is 2.29. The number of carbonyl (C=O) groups excluding carboxylic acids is 2. The lowest BCUT2D eigenvalue weighted by molar-refractivity contribution is -0.121. The van der Waals surface area contributed by atoms with E-state index in [4.69, 9.17) is 0 Å². The number of amides is 2. The van der Waals surface area contributed by atoms with Crippen LogP contribution in [0.4, 0.5) is 0 Å². The molecule has 4 aliphatic rings. The lowest BCUT2D eigenvalue weighted by Crippen LogP contribution is -2.35. The highest BCUT2D eigenvalue weighted by atomic mass is 16.2. The highest BCUT2D eigenvalue weighted by Gasteiger charge is 2.38. The molecule has 144 valence electrons. The molecule has 0 aliphatic heterocycles. The molecule has 6 heteroatoms. The Kier molecular flexibility index (Phi) is 5.50. The maximum absolute atomic E-state index is 11.8. The van der Waals surface area contributed by atoms with Crippen LogP contribution in [-0.2, 0) is 9.59 Å². The minimum Gasteiger partial charge on any atom is -0.273 e. The molecule has 4 rings (SSSR count). The molecular formula is C21H28N4O2. The van der Waals surface area contributed by atoms with E-state index in [9.17, 15) is 9.59 Å². The lowest BCUT2D eigenvalue weighted by atomic mass is 9.74. The van der Waals surface area contributed by atoms with Gasteiger partial charge in [0.05, 0.1) is 0 Å². The van der Waals surface area contributed by atoms with Crippen LogP contribution >= 0.6 is 0 Å². The van der Waals surface area contributed by atoms with Crippen molar-refractivity contribution in [2.75, 3.05) is 0 Å². The maximum atomic E-state index is 11.8. The molecule has 4 atom stereocenters. The maximum Gasteiger partial charge on any atom is 0.240 e. The predicted molar refractivity (Wildman–Crippen MR) is 105 cm³/mol. The molecule has 0 aromatic carbocycles. The van der Waals surface area contributed by atoms with Crippen molar-refractivity contribution in [1.29, 1.82) is 0 Å². The van der Waals surface area contributed by atoms with Crippen LogP contribution in [0.25, 0.3) is 0 Å². The van der Waals surface area contributed by atoms with E-state index in [-0.39, 0.29) is 11.8 Å². The fourth-order valence-electron chi connectivity index (χ4n) is 4.45. The normalized spacial score (nSPS) is 32.7. The molecule has 6 nitrogen and oxygen atoms in total. The Morgan fingerprint density at radius 1 is 0.815 bits per heavy atom. The molecule has 4 aliphatic carbocycles. The summed E-state index contributed by atoms with van der Waals surface area (Å²) in [6.45, 7) is 0. The van der Waals surface area contributed by atoms with Gasteiger partial charge in [-0.05, 0) is 50.4 Å². The Labute approximate surface area is 160 Å². The summed E-state index contributed by atoms with van der Waals surface area (Å²) < 4.78 is 0. The average Bonchev–Trinajstić information content (AvgIpc) is 3.18. The largest absolute Gasteiger partial charge is 0.273 e. The van der Waals surface area contributed by atoms with Crippen molar-refractivity contribution in [3.63, 3.8) is 0 Å². The molecule has 0 heterocycles. The van der Waals surface area contributed by atoms with Crippen molar-refractivity contribution in [1.82, 2.24) is 10.9 Å². The lowest BCUT2D eigenvalue weighted by Gasteiger charge is -2.31. The van der Waals surface area contributed by atoms with Crippen molar-refractivity contribution in [3.8, 4) is 0 Å². The summed E-state index contributed by atoms with van der Waals surface area (Å²) in [5.41, 5.74) is 7.55. The second-order valence-electron chi connectivity index (χ2n) is 8.14. The van der Waals surface area contributed by atoms with Crippen molar-refractivity contribution < 1.29 is 9.59 Å².